The molecule has 0 spiro atoms. The molecule has 1 aliphatic heterocycles. The number of carboxylic acids is 1. The summed E-state index contributed by atoms with van der Waals surface area (Å²) in [7, 11) is 0. The summed E-state index contributed by atoms with van der Waals surface area (Å²) in [6.07, 6.45) is -0.359. The molecule has 1 aliphatic rings. The number of carbonyl (C=O) groups is 2. The second-order valence-corrected chi connectivity index (χ2v) is 8.87. The molecule has 2 aromatic carbocycles. The summed E-state index contributed by atoms with van der Waals surface area (Å²) >= 11 is 2.00. The van der Waals surface area contributed by atoms with Crippen molar-refractivity contribution in [2.75, 3.05) is 4.90 Å². The van der Waals surface area contributed by atoms with E-state index >= 15 is 0 Å². The molecule has 1 N–H and O–H groups in total. The fraction of sp³-hybridized carbons (Fsp3) is 0.211. The molecule has 0 aliphatic carbocycles. The molecule has 5 nitrogen and oxygen atoms in total. The van der Waals surface area contributed by atoms with Crippen LogP contribution in [0.3, 0.4) is 0 Å². The van der Waals surface area contributed by atoms with Gasteiger partial charge in [0.15, 0.2) is 11.6 Å². The van der Waals surface area contributed by atoms with Crippen LogP contribution in [0.15, 0.2) is 29.2 Å². The maximum Gasteiger partial charge on any atom is 0.305 e. The monoisotopic (exact) mass is 438 g/mol. The van der Waals surface area contributed by atoms with Gasteiger partial charge in [0.1, 0.15) is 16.3 Å². The number of amides is 1. The first-order valence-electron chi connectivity index (χ1n) is 8.48. The van der Waals surface area contributed by atoms with Gasteiger partial charge in [-0.25, -0.2) is 18.2 Å². The average molecular weight is 438 g/mol. The van der Waals surface area contributed by atoms with E-state index in [4.69, 9.17) is 5.11 Å². The summed E-state index contributed by atoms with van der Waals surface area (Å²) < 4.78 is 41.4. The summed E-state index contributed by atoms with van der Waals surface area (Å²) in [6, 6.07) is 5.90. The summed E-state index contributed by atoms with van der Waals surface area (Å²) in [5.74, 6) is -5.04. The Kier molecular flexibility index (Phi) is 4.99. The Morgan fingerprint density at radius 1 is 1.24 bits per heavy atom. The van der Waals surface area contributed by atoms with Gasteiger partial charge in [0, 0.05) is 11.0 Å². The average Bonchev–Trinajstić information content (AvgIpc) is 3.08. The Morgan fingerprint density at radius 2 is 2.00 bits per heavy atom. The van der Waals surface area contributed by atoms with Crippen molar-refractivity contribution in [3.05, 3.63) is 52.3 Å². The van der Waals surface area contributed by atoms with E-state index in [1.807, 2.05) is 13.0 Å². The largest absolute Gasteiger partial charge is 0.481 e. The van der Waals surface area contributed by atoms with Crippen molar-refractivity contribution in [1.82, 2.24) is 4.98 Å². The lowest BCUT2D eigenvalue weighted by atomic mass is 10.1. The molecule has 1 unspecified atom stereocenters. The number of aryl methyl sites for hydroxylation is 1. The number of hydrogen-bond donors (Lipinski definition) is 1. The molecular weight excluding hydrogens is 425 g/mol. The lowest BCUT2D eigenvalue weighted by molar-refractivity contribution is -0.138. The van der Waals surface area contributed by atoms with E-state index < -0.39 is 40.1 Å². The summed E-state index contributed by atoms with van der Waals surface area (Å²) in [4.78, 5) is 30.2. The standard InChI is InChI=1S/C19H13F3N2O3S2/c1-8-2-3-12-11(4-8)24(19(27)13(28-12)6-15(25)26)7-14-23-17-16(22)9(20)5-10(21)18(17)29-14/h2-5,13H,6-7H2,1H3,(H,25,26). The maximum absolute atomic E-state index is 14.0. The number of aliphatic carboxylic acids is 1. The Labute approximate surface area is 171 Å². The molecule has 0 saturated carbocycles. The van der Waals surface area contributed by atoms with Gasteiger partial charge < -0.3 is 10.0 Å². The minimum Gasteiger partial charge on any atom is -0.481 e. The molecule has 2 heterocycles. The molecule has 1 amide bonds. The first-order chi connectivity index (χ1) is 13.7. The van der Waals surface area contributed by atoms with Crippen LogP contribution in [0.4, 0.5) is 18.9 Å². The first-order valence-corrected chi connectivity index (χ1v) is 10.2. The van der Waals surface area contributed by atoms with Gasteiger partial charge in [-0.05, 0) is 24.6 Å². The zero-order valence-electron chi connectivity index (χ0n) is 14.9. The van der Waals surface area contributed by atoms with Gasteiger partial charge in [-0.2, -0.15) is 0 Å². The zero-order chi connectivity index (χ0) is 20.9. The molecule has 0 bridgehead atoms. The van der Waals surface area contributed by atoms with Crippen LogP contribution < -0.4 is 4.90 Å². The molecule has 0 fully saturated rings. The predicted octanol–water partition coefficient (Wildman–Crippen LogP) is 4.50. The normalized spacial score (nSPS) is 16.3. The second kappa shape index (κ2) is 7.34. The quantitative estimate of drug-likeness (QED) is 0.608. The van der Waals surface area contributed by atoms with Crippen LogP contribution in [-0.4, -0.2) is 27.2 Å². The van der Waals surface area contributed by atoms with Crippen molar-refractivity contribution in [2.24, 2.45) is 0 Å². The van der Waals surface area contributed by atoms with Gasteiger partial charge in [-0.3, -0.25) is 9.59 Å². The number of rotatable bonds is 4. The highest BCUT2D eigenvalue weighted by Crippen LogP contribution is 2.42. The van der Waals surface area contributed by atoms with E-state index in [9.17, 15) is 22.8 Å². The van der Waals surface area contributed by atoms with Crippen molar-refractivity contribution in [3.63, 3.8) is 0 Å². The highest BCUT2D eigenvalue weighted by molar-refractivity contribution is 8.01. The fourth-order valence-corrected chi connectivity index (χ4v) is 5.27. The number of carboxylic acid groups (broad SMARTS) is 1. The molecule has 1 aromatic heterocycles. The van der Waals surface area contributed by atoms with Gasteiger partial charge >= 0.3 is 5.97 Å². The molecule has 4 rings (SSSR count). The van der Waals surface area contributed by atoms with Crippen molar-refractivity contribution < 1.29 is 27.9 Å². The van der Waals surface area contributed by atoms with Crippen LogP contribution in [0.25, 0.3) is 10.2 Å². The maximum atomic E-state index is 14.0. The van der Waals surface area contributed by atoms with Crippen LogP contribution in [0.2, 0.25) is 0 Å². The van der Waals surface area contributed by atoms with Crippen molar-refractivity contribution in [2.45, 2.75) is 30.0 Å². The van der Waals surface area contributed by atoms with E-state index in [0.717, 1.165) is 21.8 Å². The van der Waals surface area contributed by atoms with Crippen molar-refractivity contribution in [3.8, 4) is 0 Å². The first kappa shape index (κ1) is 19.7. The van der Waals surface area contributed by atoms with Crippen LogP contribution in [0.1, 0.15) is 17.0 Å². The molecule has 0 radical (unpaired) electrons. The van der Waals surface area contributed by atoms with E-state index in [1.54, 1.807) is 12.1 Å². The lowest BCUT2D eigenvalue weighted by Gasteiger charge is -2.33. The number of benzene rings is 2. The van der Waals surface area contributed by atoms with Gasteiger partial charge in [0.2, 0.25) is 5.91 Å². The number of thioether (sulfide) groups is 1. The van der Waals surface area contributed by atoms with Crippen LogP contribution in [0, 0.1) is 24.4 Å². The Hall–Kier alpha value is -2.59. The van der Waals surface area contributed by atoms with E-state index in [-0.39, 0.29) is 22.7 Å². The molecular formula is C19H13F3N2O3S2. The summed E-state index contributed by atoms with van der Waals surface area (Å²) in [6.45, 7) is 1.74. The number of aromatic nitrogens is 1. The third-order valence-electron chi connectivity index (χ3n) is 4.43. The SMILES string of the molecule is Cc1ccc2c(c1)N(Cc1nc3c(F)c(F)cc(F)c3s1)C(=O)C(CC(=O)O)S2. The smallest absolute Gasteiger partial charge is 0.305 e. The van der Waals surface area contributed by atoms with Crippen LogP contribution in [-0.2, 0) is 16.1 Å². The molecule has 150 valence electrons. The summed E-state index contributed by atoms with van der Waals surface area (Å²) in [5.41, 5.74) is 1.04. The molecule has 10 heteroatoms. The number of nitrogens with zero attached hydrogens (tertiary/aromatic N) is 2. The van der Waals surface area contributed by atoms with E-state index in [1.165, 1.54) is 16.7 Å². The number of hydrogen-bond acceptors (Lipinski definition) is 5. The Morgan fingerprint density at radius 3 is 2.72 bits per heavy atom. The molecule has 3 aromatic rings. The Balaban J connectivity index is 1.77. The highest BCUT2D eigenvalue weighted by Gasteiger charge is 2.35. The van der Waals surface area contributed by atoms with Gasteiger partial charge in [-0.15, -0.1) is 23.1 Å². The van der Waals surface area contributed by atoms with Crippen molar-refractivity contribution in [1.29, 1.82) is 0 Å². The second-order valence-electron chi connectivity index (χ2n) is 6.54. The topological polar surface area (TPSA) is 70.5 Å². The third-order valence-corrected chi connectivity index (χ3v) is 6.73. The molecule has 1 atom stereocenters. The summed E-state index contributed by atoms with van der Waals surface area (Å²) in [5, 5.41) is 8.50. The van der Waals surface area contributed by atoms with Gasteiger partial charge in [0.25, 0.3) is 0 Å². The van der Waals surface area contributed by atoms with E-state index in [2.05, 4.69) is 4.98 Å². The number of anilines is 1. The minimum absolute atomic E-state index is 0.105. The predicted molar refractivity (Wildman–Crippen MR) is 104 cm³/mol. The lowest BCUT2D eigenvalue weighted by Crippen LogP contribution is -2.41. The molecule has 0 saturated heterocycles. The number of thiazole rings is 1. The van der Waals surface area contributed by atoms with Crippen LogP contribution in [0.5, 0.6) is 0 Å². The van der Waals surface area contributed by atoms with Crippen LogP contribution >= 0.6 is 23.1 Å². The minimum atomic E-state index is -1.33. The number of carbonyl (C=O) groups excluding carboxylic acids is 1. The molecule has 29 heavy (non-hydrogen) atoms. The van der Waals surface area contributed by atoms with Gasteiger partial charge in [-0.1, -0.05) is 6.07 Å². The Bertz CT molecular complexity index is 1170. The van der Waals surface area contributed by atoms with E-state index in [0.29, 0.717) is 11.8 Å². The number of halogens is 3. The van der Waals surface area contributed by atoms with Crippen molar-refractivity contribution >= 4 is 50.9 Å². The fourth-order valence-electron chi connectivity index (χ4n) is 3.12. The van der Waals surface area contributed by atoms with Gasteiger partial charge in [0.05, 0.1) is 28.6 Å². The number of fused-ring (bicyclic) bond motifs is 2. The third kappa shape index (κ3) is 3.58. The zero-order valence-corrected chi connectivity index (χ0v) is 16.5. The highest BCUT2D eigenvalue weighted by atomic mass is 32.2.